The first-order chi connectivity index (χ1) is 7.56. The van der Waals surface area contributed by atoms with Crippen LogP contribution in [0.25, 0.3) is 0 Å². The van der Waals surface area contributed by atoms with Crippen molar-refractivity contribution < 1.29 is 4.79 Å². The van der Waals surface area contributed by atoms with Gasteiger partial charge in [-0.1, -0.05) is 0 Å². The molecule has 0 saturated carbocycles. The Hall–Kier alpha value is -1.36. The molecule has 0 aromatic carbocycles. The second-order valence-corrected chi connectivity index (χ2v) is 3.88. The van der Waals surface area contributed by atoms with E-state index in [-0.39, 0.29) is 18.0 Å². The van der Waals surface area contributed by atoms with Gasteiger partial charge in [0.1, 0.15) is 0 Å². The van der Waals surface area contributed by atoms with Crippen LogP contribution in [0.15, 0.2) is 12.3 Å². The highest BCUT2D eigenvalue weighted by Crippen LogP contribution is 2.10. The van der Waals surface area contributed by atoms with Gasteiger partial charge < -0.3 is 5.32 Å². The fraction of sp³-hybridized carbons (Fsp3) is 0.636. The standard InChI is InChI=1S/C11H20N4O/c1-5-12-11(16)9(3)14-8(2)10-6-7-13-15(10)4/h6-9,14H,5H2,1-4H3,(H,12,16). The van der Waals surface area contributed by atoms with Crippen LogP contribution in [0.2, 0.25) is 0 Å². The Bertz CT molecular complexity index is 348. The van der Waals surface area contributed by atoms with Gasteiger partial charge in [0, 0.05) is 25.8 Å². The summed E-state index contributed by atoms with van der Waals surface area (Å²) >= 11 is 0. The molecule has 2 unspecified atom stereocenters. The number of aryl methyl sites for hydroxylation is 1. The third-order valence-electron chi connectivity index (χ3n) is 2.55. The van der Waals surface area contributed by atoms with Crippen LogP contribution in [-0.4, -0.2) is 28.3 Å². The van der Waals surface area contributed by atoms with Gasteiger partial charge in [0.2, 0.25) is 5.91 Å². The minimum absolute atomic E-state index is 0.0246. The first-order valence-corrected chi connectivity index (χ1v) is 5.58. The molecule has 1 amide bonds. The molecule has 1 heterocycles. The Morgan fingerprint density at radius 1 is 1.56 bits per heavy atom. The summed E-state index contributed by atoms with van der Waals surface area (Å²) in [6.07, 6.45) is 1.75. The molecule has 16 heavy (non-hydrogen) atoms. The first-order valence-electron chi connectivity index (χ1n) is 5.58. The van der Waals surface area contributed by atoms with E-state index in [9.17, 15) is 4.79 Å². The fourth-order valence-electron chi connectivity index (χ4n) is 1.67. The minimum Gasteiger partial charge on any atom is -0.355 e. The Balaban J connectivity index is 2.54. The lowest BCUT2D eigenvalue weighted by atomic mass is 10.2. The number of aromatic nitrogens is 2. The van der Waals surface area contributed by atoms with Crippen molar-refractivity contribution in [1.82, 2.24) is 20.4 Å². The van der Waals surface area contributed by atoms with E-state index in [4.69, 9.17) is 0 Å². The maximum Gasteiger partial charge on any atom is 0.236 e. The van der Waals surface area contributed by atoms with E-state index in [1.807, 2.05) is 38.6 Å². The Labute approximate surface area is 96.2 Å². The van der Waals surface area contributed by atoms with E-state index >= 15 is 0 Å². The molecule has 0 spiro atoms. The van der Waals surface area contributed by atoms with Crippen molar-refractivity contribution in [1.29, 1.82) is 0 Å². The molecule has 5 nitrogen and oxygen atoms in total. The summed E-state index contributed by atoms with van der Waals surface area (Å²) in [6, 6.07) is 1.84. The lowest BCUT2D eigenvalue weighted by Crippen LogP contribution is -2.43. The predicted octanol–water partition coefficient (Wildman–Crippen LogP) is 0.595. The summed E-state index contributed by atoms with van der Waals surface area (Å²) in [5, 5.41) is 10.1. The molecular formula is C11H20N4O. The lowest BCUT2D eigenvalue weighted by molar-refractivity contribution is -0.122. The van der Waals surface area contributed by atoms with Gasteiger partial charge >= 0.3 is 0 Å². The van der Waals surface area contributed by atoms with E-state index in [1.165, 1.54) is 0 Å². The third-order valence-corrected chi connectivity index (χ3v) is 2.55. The molecule has 0 fully saturated rings. The van der Waals surface area contributed by atoms with Gasteiger partial charge in [-0.05, 0) is 26.8 Å². The van der Waals surface area contributed by atoms with Crippen LogP contribution in [0.5, 0.6) is 0 Å². The summed E-state index contributed by atoms with van der Waals surface area (Å²) in [5.74, 6) is 0.0246. The number of carbonyl (C=O) groups is 1. The van der Waals surface area contributed by atoms with Crippen molar-refractivity contribution in [2.75, 3.05) is 6.54 Å². The van der Waals surface area contributed by atoms with Crippen LogP contribution < -0.4 is 10.6 Å². The highest BCUT2D eigenvalue weighted by molar-refractivity contribution is 5.81. The van der Waals surface area contributed by atoms with Crippen molar-refractivity contribution in [3.05, 3.63) is 18.0 Å². The molecule has 2 N–H and O–H groups in total. The number of rotatable bonds is 5. The second kappa shape index (κ2) is 5.65. The van der Waals surface area contributed by atoms with Gasteiger partial charge in [0.15, 0.2) is 0 Å². The molecule has 0 aliphatic carbocycles. The molecule has 5 heteroatoms. The Kier molecular flexibility index (Phi) is 4.49. The third kappa shape index (κ3) is 3.06. The van der Waals surface area contributed by atoms with E-state index in [2.05, 4.69) is 15.7 Å². The molecule has 0 radical (unpaired) electrons. The van der Waals surface area contributed by atoms with Gasteiger partial charge in [-0.2, -0.15) is 5.10 Å². The molecule has 0 aliphatic rings. The molecule has 0 saturated heterocycles. The van der Waals surface area contributed by atoms with Crippen molar-refractivity contribution >= 4 is 5.91 Å². The predicted molar refractivity (Wildman–Crippen MR) is 62.9 cm³/mol. The van der Waals surface area contributed by atoms with E-state index in [0.29, 0.717) is 6.54 Å². The van der Waals surface area contributed by atoms with Gasteiger partial charge in [-0.25, -0.2) is 0 Å². The first kappa shape index (κ1) is 12.7. The SMILES string of the molecule is CCNC(=O)C(C)NC(C)c1ccnn1C. The van der Waals surface area contributed by atoms with E-state index < -0.39 is 0 Å². The lowest BCUT2D eigenvalue weighted by Gasteiger charge is -2.19. The summed E-state index contributed by atoms with van der Waals surface area (Å²) < 4.78 is 1.81. The van der Waals surface area contributed by atoms with Gasteiger partial charge in [-0.15, -0.1) is 0 Å². The Morgan fingerprint density at radius 2 is 2.25 bits per heavy atom. The van der Waals surface area contributed by atoms with Crippen LogP contribution in [0.1, 0.15) is 32.5 Å². The highest BCUT2D eigenvalue weighted by Gasteiger charge is 2.16. The maximum atomic E-state index is 11.5. The average Bonchev–Trinajstić information content (AvgIpc) is 2.64. The van der Waals surface area contributed by atoms with Crippen LogP contribution in [0.3, 0.4) is 0 Å². The van der Waals surface area contributed by atoms with Gasteiger partial charge in [0.25, 0.3) is 0 Å². The Morgan fingerprint density at radius 3 is 2.75 bits per heavy atom. The van der Waals surface area contributed by atoms with Crippen molar-refractivity contribution in [3.63, 3.8) is 0 Å². The maximum absolute atomic E-state index is 11.5. The summed E-state index contributed by atoms with van der Waals surface area (Å²) in [7, 11) is 1.89. The molecular weight excluding hydrogens is 204 g/mol. The monoisotopic (exact) mass is 224 g/mol. The van der Waals surface area contributed by atoms with Crippen LogP contribution in [-0.2, 0) is 11.8 Å². The van der Waals surface area contributed by atoms with Crippen LogP contribution in [0.4, 0.5) is 0 Å². The van der Waals surface area contributed by atoms with Crippen LogP contribution >= 0.6 is 0 Å². The smallest absolute Gasteiger partial charge is 0.236 e. The normalized spacial score (nSPS) is 14.5. The number of amides is 1. The van der Waals surface area contributed by atoms with Crippen LogP contribution in [0, 0.1) is 0 Å². The molecule has 90 valence electrons. The summed E-state index contributed by atoms with van der Waals surface area (Å²) in [5.41, 5.74) is 1.07. The highest BCUT2D eigenvalue weighted by atomic mass is 16.2. The number of carbonyl (C=O) groups excluding carboxylic acids is 1. The van der Waals surface area contributed by atoms with Gasteiger partial charge in [-0.3, -0.25) is 14.8 Å². The molecule has 2 atom stereocenters. The molecule has 1 aromatic rings. The second-order valence-electron chi connectivity index (χ2n) is 3.88. The van der Waals surface area contributed by atoms with Crippen molar-refractivity contribution in [2.45, 2.75) is 32.9 Å². The number of hydrogen-bond acceptors (Lipinski definition) is 3. The van der Waals surface area contributed by atoms with Gasteiger partial charge in [0.05, 0.1) is 11.7 Å². The molecule has 0 aliphatic heterocycles. The zero-order chi connectivity index (χ0) is 12.1. The zero-order valence-electron chi connectivity index (χ0n) is 10.3. The number of nitrogens with one attached hydrogen (secondary N) is 2. The van der Waals surface area contributed by atoms with Crippen molar-refractivity contribution in [2.24, 2.45) is 7.05 Å². The topological polar surface area (TPSA) is 59.0 Å². The largest absolute Gasteiger partial charge is 0.355 e. The summed E-state index contributed by atoms with van der Waals surface area (Å²) in [4.78, 5) is 11.5. The molecule has 0 bridgehead atoms. The quantitative estimate of drug-likeness (QED) is 0.770. The minimum atomic E-state index is -0.204. The van der Waals surface area contributed by atoms with E-state index in [1.54, 1.807) is 6.20 Å². The molecule has 1 aromatic heterocycles. The number of hydrogen-bond donors (Lipinski definition) is 2. The van der Waals surface area contributed by atoms with E-state index in [0.717, 1.165) is 5.69 Å². The molecule has 1 rings (SSSR count). The fourth-order valence-corrected chi connectivity index (χ4v) is 1.67. The number of likely N-dealkylation sites (N-methyl/N-ethyl adjacent to an activating group) is 1. The average molecular weight is 224 g/mol. The number of nitrogens with zero attached hydrogens (tertiary/aromatic N) is 2. The summed E-state index contributed by atoms with van der Waals surface area (Å²) in [6.45, 7) is 6.45. The zero-order valence-corrected chi connectivity index (χ0v) is 10.3. The van der Waals surface area contributed by atoms with Crippen molar-refractivity contribution in [3.8, 4) is 0 Å².